The largest absolute Gasteiger partial charge is 0.454 e. The molecular weight excluding hydrogens is 461 g/mol. The van der Waals surface area contributed by atoms with E-state index in [2.05, 4.69) is 21.2 Å². The minimum absolute atomic E-state index is 0.157. The second-order valence-electron chi connectivity index (χ2n) is 7.62. The van der Waals surface area contributed by atoms with Crippen molar-refractivity contribution in [3.05, 3.63) is 93.1 Å². The van der Waals surface area contributed by atoms with E-state index < -0.39 is 0 Å². The fraction of sp³-hybridized carbons (Fsp3) is 0.120. The van der Waals surface area contributed by atoms with Gasteiger partial charge in [-0.3, -0.25) is 4.79 Å². The number of carbonyl (C=O) groups is 1. The lowest BCUT2D eigenvalue weighted by Crippen LogP contribution is -2.17. The summed E-state index contributed by atoms with van der Waals surface area (Å²) >= 11 is 12.3. The van der Waals surface area contributed by atoms with Gasteiger partial charge >= 0.3 is 0 Å². The molecule has 6 nitrogen and oxygen atoms in total. The standard InChI is InChI=1S/C25H19Cl2N3O3/c1-15-19(12-28-29-25(31)17-7-9-23-24(11-17)33-14-32-23)18-4-2-3-5-22(18)30(15)13-16-6-8-20(26)21(27)10-16/h2-12H,13-14H2,1H3,(H,29,31)/b28-12-. The van der Waals surface area contributed by atoms with Gasteiger partial charge in [0.15, 0.2) is 11.5 Å². The number of fused-ring (bicyclic) bond motifs is 2. The lowest BCUT2D eigenvalue weighted by Gasteiger charge is -2.09. The molecule has 8 heteroatoms. The number of benzene rings is 3. The maximum absolute atomic E-state index is 12.5. The first-order valence-corrected chi connectivity index (χ1v) is 11.0. The molecule has 0 fully saturated rings. The van der Waals surface area contributed by atoms with Gasteiger partial charge in [0.05, 0.1) is 16.3 Å². The van der Waals surface area contributed by atoms with Gasteiger partial charge in [-0.25, -0.2) is 5.43 Å². The van der Waals surface area contributed by atoms with Crippen molar-refractivity contribution in [2.24, 2.45) is 5.10 Å². The molecule has 0 radical (unpaired) electrons. The summed E-state index contributed by atoms with van der Waals surface area (Å²) in [5, 5.41) is 6.31. The number of rotatable bonds is 5. The molecule has 0 unspecified atom stereocenters. The van der Waals surface area contributed by atoms with Crippen LogP contribution >= 0.6 is 23.2 Å². The van der Waals surface area contributed by atoms with Crippen molar-refractivity contribution >= 4 is 46.2 Å². The first kappa shape index (κ1) is 21.4. The van der Waals surface area contributed by atoms with Crippen LogP contribution in [-0.4, -0.2) is 23.5 Å². The lowest BCUT2D eigenvalue weighted by atomic mass is 10.1. The molecule has 166 valence electrons. The van der Waals surface area contributed by atoms with E-state index in [9.17, 15) is 4.79 Å². The van der Waals surface area contributed by atoms with Crippen LogP contribution in [0, 0.1) is 6.92 Å². The number of aromatic nitrogens is 1. The van der Waals surface area contributed by atoms with Crippen LogP contribution in [0.4, 0.5) is 0 Å². The Labute approximate surface area is 200 Å². The molecule has 5 rings (SSSR count). The summed E-state index contributed by atoms with van der Waals surface area (Å²) in [6.07, 6.45) is 1.67. The maximum Gasteiger partial charge on any atom is 0.271 e. The summed E-state index contributed by atoms with van der Waals surface area (Å²) in [5.41, 5.74) is 7.08. The van der Waals surface area contributed by atoms with Gasteiger partial charge in [-0.2, -0.15) is 5.10 Å². The monoisotopic (exact) mass is 479 g/mol. The number of amides is 1. The molecule has 0 bridgehead atoms. The normalized spacial score (nSPS) is 12.6. The summed E-state index contributed by atoms with van der Waals surface area (Å²) in [4.78, 5) is 12.5. The summed E-state index contributed by atoms with van der Waals surface area (Å²) in [5.74, 6) is 0.843. The van der Waals surface area contributed by atoms with E-state index >= 15 is 0 Å². The third kappa shape index (κ3) is 4.15. The van der Waals surface area contributed by atoms with E-state index in [0.29, 0.717) is 33.7 Å². The number of hydrogen-bond acceptors (Lipinski definition) is 4. The van der Waals surface area contributed by atoms with E-state index in [1.165, 1.54) is 0 Å². The van der Waals surface area contributed by atoms with Crippen molar-refractivity contribution in [1.82, 2.24) is 9.99 Å². The fourth-order valence-corrected chi connectivity index (χ4v) is 4.22. The van der Waals surface area contributed by atoms with Gasteiger partial charge < -0.3 is 14.0 Å². The Morgan fingerprint density at radius 2 is 1.88 bits per heavy atom. The topological polar surface area (TPSA) is 64.8 Å². The Morgan fingerprint density at radius 1 is 1.06 bits per heavy atom. The molecule has 0 saturated carbocycles. The average molecular weight is 480 g/mol. The molecule has 1 amide bonds. The average Bonchev–Trinajstić information content (AvgIpc) is 3.39. The van der Waals surface area contributed by atoms with Crippen molar-refractivity contribution in [2.75, 3.05) is 6.79 Å². The zero-order valence-corrected chi connectivity index (χ0v) is 19.2. The van der Waals surface area contributed by atoms with Gasteiger partial charge in [0.1, 0.15) is 0 Å². The van der Waals surface area contributed by atoms with Gasteiger partial charge in [-0.05, 0) is 48.9 Å². The first-order chi connectivity index (χ1) is 16.0. The molecule has 1 aliphatic rings. The Morgan fingerprint density at radius 3 is 2.73 bits per heavy atom. The maximum atomic E-state index is 12.5. The van der Waals surface area contributed by atoms with Crippen molar-refractivity contribution < 1.29 is 14.3 Å². The molecule has 2 heterocycles. The molecule has 0 atom stereocenters. The van der Waals surface area contributed by atoms with Gasteiger partial charge in [0.25, 0.3) is 5.91 Å². The molecule has 3 aromatic carbocycles. The number of nitrogens with one attached hydrogen (secondary N) is 1. The van der Waals surface area contributed by atoms with E-state index in [1.54, 1.807) is 30.5 Å². The van der Waals surface area contributed by atoms with Crippen LogP contribution in [0.2, 0.25) is 10.0 Å². The van der Waals surface area contributed by atoms with Crippen molar-refractivity contribution in [1.29, 1.82) is 0 Å². The van der Waals surface area contributed by atoms with Crippen molar-refractivity contribution in [3.8, 4) is 11.5 Å². The minimum Gasteiger partial charge on any atom is -0.454 e. The summed E-state index contributed by atoms with van der Waals surface area (Å²) < 4.78 is 12.8. The second kappa shape index (κ2) is 8.81. The van der Waals surface area contributed by atoms with E-state index in [0.717, 1.165) is 27.7 Å². The van der Waals surface area contributed by atoms with Gasteiger partial charge in [0.2, 0.25) is 6.79 Å². The van der Waals surface area contributed by atoms with E-state index in [4.69, 9.17) is 32.7 Å². The first-order valence-electron chi connectivity index (χ1n) is 10.3. The van der Waals surface area contributed by atoms with Crippen molar-refractivity contribution in [2.45, 2.75) is 13.5 Å². The Kier molecular flexibility index (Phi) is 5.70. The second-order valence-corrected chi connectivity index (χ2v) is 8.43. The lowest BCUT2D eigenvalue weighted by molar-refractivity contribution is 0.0954. The Balaban J connectivity index is 1.41. The quantitative estimate of drug-likeness (QED) is 0.290. The molecule has 0 spiro atoms. The predicted octanol–water partition coefficient (Wildman–Crippen LogP) is 5.80. The molecule has 0 saturated heterocycles. The molecular formula is C25H19Cl2N3O3. The molecule has 1 aromatic heterocycles. The number of carbonyl (C=O) groups excluding carboxylic acids is 1. The third-order valence-corrected chi connectivity index (χ3v) is 6.34. The Hall–Kier alpha value is -3.48. The number of hydrogen-bond donors (Lipinski definition) is 1. The molecule has 0 aliphatic carbocycles. The highest BCUT2D eigenvalue weighted by molar-refractivity contribution is 6.42. The number of hydrazone groups is 1. The van der Waals surface area contributed by atoms with Crippen LogP contribution in [0.1, 0.15) is 27.2 Å². The van der Waals surface area contributed by atoms with Crippen LogP contribution in [0.25, 0.3) is 10.9 Å². The highest BCUT2D eigenvalue weighted by Gasteiger charge is 2.16. The summed E-state index contributed by atoms with van der Waals surface area (Å²) in [6, 6.07) is 18.7. The Bertz CT molecular complexity index is 1410. The van der Waals surface area contributed by atoms with Crippen LogP contribution in [0.5, 0.6) is 11.5 Å². The summed E-state index contributed by atoms with van der Waals surface area (Å²) in [7, 11) is 0. The van der Waals surface area contributed by atoms with E-state index in [-0.39, 0.29) is 12.7 Å². The highest BCUT2D eigenvalue weighted by atomic mass is 35.5. The van der Waals surface area contributed by atoms with E-state index in [1.807, 2.05) is 37.3 Å². The van der Waals surface area contributed by atoms with Gasteiger partial charge in [0, 0.05) is 34.3 Å². The number of halogens is 2. The number of para-hydroxylation sites is 1. The van der Waals surface area contributed by atoms with Crippen molar-refractivity contribution in [3.63, 3.8) is 0 Å². The van der Waals surface area contributed by atoms with Crippen LogP contribution < -0.4 is 14.9 Å². The van der Waals surface area contributed by atoms with Crippen LogP contribution in [-0.2, 0) is 6.54 Å². The van der Waals surface area contributed by atoms with Crippen LogP contribution in [0.3, 0.4) is 0 Å². The molecule has 4 aromatic rings. The van der Waals surface area contributed by atoms with Gasteiger partial charge in [-0.15, -0.1) is 0 Å². The molecule has 1 aliphatic heterocycles. The fourth-order valence-electron chi connectivity index (χ4n) is 3.90. The van der Waals surface area contributed by atoms with Crippen LogP contribution in [0.15, 0.2) is 65.8 Å². The highest BCUT2D eigenvalue weighted by Crippen LogP contribution is 2.32. The third-order valence-electron chi connectivity index (χ3n) is 5.60. The van der Waals surface area contributed by atoms with Gasteiger partial charge in [-0.1, -0.05) is 47.5 Å². The zero-order chi connectivity index (χ0) is 22.9. The predicted molar refractivity (Wildman–Crippen MR) is 130 cm³/mol. The smallest absolute Gasteiger partial charge is 0.271 e. The summed E-state index contributed by atoms with van der Waals surface area (Å²) in [6.45, 7) is 2.81. The minimum atomic E-state index is -0.332. The number of nitrogens with zero attached hydrogens (tertiary/aromatic N) is 2. The molecule has 33 heavy (non-hydrogen) atoms. The zero-order valence-electron chi connectivity index (χ0n) is 17.6. The molecule has 1 N–H and O–H groups in total. The SMILES string of the molecule is Cc1c(/C=N\NC(=O)c2ccc3c(c2)OCO3)c2ccccc2n1Cc1ccc(Cl)c(Cl)c1. The number of ether oxygens (including phenoxy) is 2.